The van der Waals surface area contributed by atoms with E-state index in [0.717, 1.165) is 5.56 Å². The van der Waals surface area contributed by atoms with E-state index in [0.29, 0.717) is 25.2 Å². The molecule has 1 heterocycles. The van der Waals surface area contributed by atoms with Gasteiger partial charge in [-0.3, -0.25) is 15.0 Å². The molecule has 0 aliphatic carbocycles. The lowest BCUT2D eigenvalue weighted by atomic mass is 9.94. The molecule has 2 aromatic carbocycles. The van der Waals surface area contributed by atoms with Crippen molar-refractivity contribution in [2.75, 3.05) is 13.1 Å². The summed E-state index contributed by atoms with van der Waals surface area (Å²) in [6, 6.07) is 15.4. The standard InChI is InChI=1S/C17H17FN2O2/c18-16-9-5-4-8-14(16)15-11-19(12-17(15)20(21)22)10-13-6-2-1-3-7-13/h1-9,15,17H,10-12H2/t15?,17-/m1/s1. The summed E-state index contributed by atoms with van der Waals surface area (Å²) in [6.07, 6.45) is 0. The molecule has 0 aromatic heterocycles. The van der Waals surface area contributed by atoms with E-state index in [-0.39, 0.29) is 10.7 Å². The number of hydrogen-bond acceptors (Lipinski definition) is 3. The number of benzene rings is 2. The lowest BCUT2D eigenvalue weighted by Crippen LogP contribution is -2.28. The molecule has 22 heavy (non-hydrogen) atoms. The topological polar surface area (TPSA) is 46.4 Å². The van der Waals surface area contributed by atoms with Crippen molar-refractivity contribution >= 4 is 0 Å². The predicted molar refractivity (Wildman–Crippen MR) is 81.6 cm³/mol. The molecule has 0 saturated carbocycles. The second-order valence-electron chi connectivity index (χ2n) is 5.66. The molecule has 114 valence electrons. The average molecular weight is 300 g/mol. The Morgan fingerprint density at radius 3 is 2.45 bits per heavy atom. The van der Waals surface area contributed by atoms with Crippen LogP contribution in [0.5, 0.6) is 0 Å². The van der Waals surface area contributed by atoms with E-state index in [1.165, 1.54) is 6.07 Å². The number of rotatable bonds is 4. The molecule has 4 nitrogen and oxygen atoms in total. The number of hydrogen-bond donors (Lipinski definition) is 0. The van der Waals surface area contributed by atoms with Gasteiger partial charge in [-0.2, -0.15) is 0 Å². The number of halogens is 1. The van der Waals surface area contributed by atoms with Crippen LogP contribution < -0.4 is 0 Å². The van der Waals surface area contributed by atoms with Gasteiger partial charge in [0.2, 0.25) is 6.04 Å². The summed E-state index contributed by atoms with van der Waals surface area (Å²) >= 11 is 0. The first-order valence-electron chi connectivity index (χ1n) is 7.29. The van der Waals surface area contributed by atoms with Crippen molar-refractivity contribution in [3.8, 4) is 0 Å². The van der Waals surface area contributed by atoms with Gasteiger partial charge in [0.15, 0.2) is 0 Å². The van der Waals surface area contributed by atoms with Gasteiger partial charge in [0.25, 0.3) is 0 Å². The van der Waals surface area contributed by atoms with Crippen LogP contribution in [-0.2, 0) is 6.54 Å². The molecule has 3 rings (SSSR count). The summed E-state index contributed by atoms with van der Waals surface area (Å²) in [5.41, 5.74) is 1.55. The largest absolute Gasteiger partial charge is 0.292 e. The molecule has 0 amide bonds. The SMILES string of the molecule is O=[N+]([O-])[C@@H]1CN(Cc2ccccc2)CC1c1ccccc1F. The van der Waals surface area contributed by atoms with Gasteiger partial charge in [-0.15, -0.1) is 0 Å². The molecule has 5 heteroatoms. The highest BCUT2D eigenvalue weighted by Gasteiger charge is 2.42. The molecule has 0 spiro atoms. The molecular weight excluding hydrogens is 283 g/mol. The fourth-order valence-corrected chi connectivity index (χ4v) is 3.13. The zero-order valence-electron chi connectivity index (χ0n) is 12.1. The van der Waals surface area contributed by atoms with Crippen LogP contribution >= 0.6 is 0 Å². The second-order valence-corrected chi connectivity index (χ2v) is 5.66. The zero-order chi connectivity index (χ0) is 15.5. The Hall–Kier alpha value is -2.27. The van der Waals surface area contributed by atoms with Gasteiger partial charge >= 0.3 is 0 Å². The fourth-order valence-electron chi connectivity index (χ4n) is 3.13. The van der Waals surface area contributed by atoms with Crippen LogP contribution in [0.15, 0.2) is 54.6 Å². The minimum Gasteiger partial charge on any atom is -0.292 e. The van der Waals surface area contributed by atoms with Gasteiger partial charge in [0, 0.05) is 18.0 Å². The third kappa shape index (κ3) is 2.99. The van der Waals surface area contributed by atoms with E-state index in [4.69, 9.17) is 0 Å². The normalized spacial score (nSPS) is 21.9. The Morgan fingerprint density at radius 2 is 1.77 bits per heavy atom. The summed E-state index contributed by atoms with van der Waals surface area (Å²) in [5, 5.41) is 11.4. The van der Waals surface area contributed by atoms with E-state index >= 15 is 0 Å². The van der Waals surface area contributed by atoms with Crippen molar-refractivity contribution in [1.82, 2.24) is 4.90 Å². The third-order valence-corrected chi connectivity index (χ3v) is 4.19. The maximum Gasteiger partial charge on any atom is 0.233 e. The van der Waals surface area contributed by atoms with E-state index in [9.17, 15) is 14.5 Å². The van der Waals surface area contributed by atoms with E-state index in [2.05, 4.69) is 0 Å². The molecule has 1 saturated heterocycles. The summed E-state index contributed by atoms with van der Waals surface area (Å²) in [5.74, 6) is -0.763. The second kappa shape index (κ2) is 6.23. The monoisotopic (exact) mass is 300 g/mol. The van der Waals surface area contributed by atoms with Gasteiger partial charge in [0.1, 0.15) is 5.82 Å². The van der Waals surface area contributed by atoms with Crippen LogP contribution in [0.2, 0.25) is 0 Å². The first kappa shape index (κ1) is 14.7. The van der Waals surface area contributed by atoms with Crippen LogP contribution in [0.25, 0.3) is 0 Å². The third-order valence-electron chi connectivity index (χ3n) is 4.19. The van der Waals surface area contributed by atoms with Crippen molar-refractivity contribution in [3.05, 3.63) is 81.7 Å². The number of nitro groups is 1. The quantitative estimate of drug-likeness (QED) is 0.644. The van der Waals surface area contributed by atoms with Crippen LogP contribution in [-0.4, -0.2) is 29.0 Å². The highest BCUT2D eigenvalue weighted by molar-refractivity contribution is 5.25. The molecule has 1 fully saturated rings. The summed E-state index contributed by atoms with van der Waals surface area (Å²) in [6.45, 7) is 1.50. The molecule has 2 atom stereocenters. The smallest absolute Gasteiger partial charge is 0.233 e. The Kier molecular flexibility index (Phi) is 4.15. The first-order valence-corrected chi connectivity index (χ1v) is 7.29. The number of likely N-dealkylation sites (tertiary alicyclic amines) is 1. The molecule has 1 aliphatic heterocycles. The van der Waals surface area contributed by atoms with Gasteiger partial charge < -0.3 is 0 Å². The molecule has 1 aliphatic rings. The van der Waals surface area contributed by atoms with Crippen LogP contribution in [0, 0.1) is 15.9 Å². The summed E-state index contributed by atoms with van der Waals surface area (Å²) < 4.78 is 14.0. The molecular formula is C17H17FN2O2. The maximum absolute atomic E-state index is 14.0. The van der Waals surface area contributed by atoms with Gasteiger partial charge in [-0.05, 0) is 17.2 Å². The lowest BCUT2D eigenvalue weighted by molar-refractivity contribution is -0.521. The Bertz CT molecular complexity index is 663. The van der Waals surface area contributed by atoms with E-state index < -0.39 is 12.0 Å². The van der Waals surface area contributed by atoms with Crippen LogP contribution in [0.4, 0.5) is 4.39 Å². The zero-order valence-corrected chi connectivity index (χ0v) is 12.1. The Balaban J connectivity index is 1.81. The van der Waals surface area contributed by atoms with Crippen molar-refractivity contribution in [2.24, 2.45) is 0 Å². The highest BCUT2D eigenvalue weighted by atomic mass is 19.1. The van der Waals surface area contributed by atoms with E-state index in [1.54, 1.807) is 18.2 Å². The van der Waals surface area contributed by atoms with Gasteiger partial charge in [0.05, 0.1) is 12.5 Å². The predicted octanol–water partition coefficient (Wildman–Crippen LogP) is 3.07. The molecule has 0 bridgehead atoms. The first-order chi connectivity index (χ1) is 10.6. The fraction of sp³-hybridized carbons (Fsp3) is 0.294. The minimum atomic E-state index is -0.763. The lowest BCUT2D eigenvalue weighted by Gasteiger charge is -2.15. The van der Waals surface area contributed by atoms with Crippen molar-refractivity contribution in [1.29, 1.82) is 0 Å². The van der Waals surface area contributed by atoms with E-state index in [1.807, 2.05) is 35.2 Å². The molecule has 1 unspecified atom stereocenters. The summed E-state index contributed by atoms with van der Waals surface area (Å²) in [4.78, 5) is 13.1. The minimum absolute atomic E-state index is 0.276. The Labute approximate surface area is 128 Å². The molecule has 0 radical (unpaired) electrons. The van der Waals surface area contributed by atoms with Crippen molar-refractivity contribution in [2.45, 2.75) is 18.5 Å². The van der Waals surface area contributed by atoms with Crippen LogP contribution in [0.3, 0.4) is 0 Å². The van der Waals surface area contributed by atoms with Gasteiger partial charge in [-0.25, -0.2) is 4.39 Å². The summed E-state index contributed by atoms with van der Waals surface area (Å²) in [7, 11) is 0. The van der Waals surface area contributed by atoms with Crippen LogP contribution in [0.1, 0.15) is 17.0 Å². The molecule has 2 aromatic rings. The average Bonchev–Trinajstić information content (AvgIpc) is 2.92. The highest BCUT2D eigenvalue weighted by Crippen LogP contribution is 2.31. The van der Waals surface area contributed by atoms with Crippen molar-refractivity contribution < 1.29 is 9.31 Å². The van der Waals surface area contributed by atoms with Crippen molar-refractivity contribution in [3.63, 3.8) is 0 Å². The maximum atomic E-state index is 14.0. The van der Waals surface area contributed by atoms with Gasteiger partial charge in [-0.1, -0.05) is 48.5 Å². The molecule has 0 N–H and O–H groups in total. The number of nitrogens with zero attached hydrogens (tertiary/aromatic N) is 2. The Morgan fingerprint density at radius 1 is 1.09 bits per heavy atom.